The van der Waals surface area contributed by atoms with Crippen LogP contribution in [0.15, 0.2) is 0 Å². The molecule has 2 amide bonds. The molecule has 1 fully saturated rings. The fraction of sp³-hybridized carbons (Fsp3) is 0.667. The second-order valence-corrected chi connectivity index (χ2v) is 2.49. The van der Waals surface area contributed by atoms with E-state index >= 15 is 0 Å². The molecule has 0 aromatic carbocycles. The molecule has 62 valence electrons. The van der Waals surface area contributed by atoms with Gasteiger partial charge in [-0.15, -0.1) is 0 Å². The Morgan fingerprint density at radius 2 is 2.45 bits per heavy atom. The van der Waals surface area contributed by atoms with Crippen LogP contribution in [0.5, 0.6) is 0 Å². The van der Waals surface area contributed by atoms with Crippen LogP contribution in [0.2, 0.25) is 0 Å². The van der Waals surface area contributed by atoms with E-state index in [1.165, 1.54) is 0 Å². The lowest BCUT2D eigenvalue weighted by molar-refractivity contribution is -0.122. The van der Waals surface area contributed by atoms with E-state index in [4.69, 9.17) is 5.11 Å². The average molecular weight is 158 g/mol. The Labute approximate surface area is 63.8 Å². The zero-order valence-corrected chi connectivity index (χ0v) is 5.96. The highest BCUT2D eigenvalue weighted by Crippen LogP contribution is 2.02. The number of rotatable bonds is 1. The van der Waals surface area contributed by atoms with Crippen LogP contribution in [0.3, 0.4) is 0 Å². The van der Waals surface area contributed by atoms with E-state index < -0.39 is 6.09 Å². The normalized spacial score (nSPS) is 24.0. The zero-order chi connectivity index (χ0) is 8.27. The summed E-state index contributed by atoms with van der Waals surface area (Å²) in [7, 11) is 0. The van der Waals surface area contributed by atoms with Crippen molar-refractivity contribution in [2.24, 2.45) is 0 Å². The van der Waals surface area contributed by atoms with Crippen molar-refractivity contribution < 1.29 is 14.7 Å². The molecule has 1 aliphatic rings. The highest BCUT2D eigenvalue weighted by atomic mass is 16.4. The van der Waals surface area contributed by atoms with Crippen LogP contribution in [0, 0.1) is 0 Å². The minimum Gasteiger partial charge on any atom is -0.465 e. The van der Waals surface area contributed by atoms with Gasteiger partial charge in [0.1, 0.15) is 0 Å². The predicted octanol–water partition coefficient (Wildman–Crippen LogP) is -0.467. The zero-order valence-electron chi connectivity index (χ0n) is 5.96. The molecular formula is C6H10N2O3. The van der Waals surface area contributed by atoms with Gasteiger partial charge in [0.15, 0.2) is 0 Å². The summed E-state index contributed by atoms with van der Waals surface area (Å²) in [5, 5.41) is 13.2. The van der Waals surface area contributed by atoms with Crippen LogP contribution in [0.25, 0.3) is 0 Å². The van der Waals surface area contributed by atoms with E-state index in [9.17, 15) is 9.59 Å². The van der Waals surface area contributed by atoms with E-state index in [0.717, 1.165) is 0 Å². The number of amides is 2. The number of hydrogen-bond donors (Lipinski definition) is 3. The standard InChI is InChI=1S/C6H10N2O3/c9-5-3-4(1-2-7-5)8-6(10)11/h4,8H,1-3H2,(H,7,9)(H,10,11). The third-order valence-electron chi connectivity index (χ3n) is 1.57. The molecule has 1 unspecified atom stereocenters. The molecule has 0 bridgehead atoms. The summed E-state index contributed by atoms with van der Waals surface area (Å²) in [6.07, 6.45) is -0.130. The minimum atomic E-state index is -1.07. The molecular weight excluding hydrogens is 148 g/mol. The van der Waals surface area contributed by atoms with Crippen molar-refractivity contribution in [3.63, 3.8) is 0 Å². The Bertz CT molecular complexity index is 179. The van der Waals surface area contributed by atoms with Crippen LogP contribution in [-0.2, 0) is 4.79 Å². The third kappa shape index (κ3) is 2.45. The molecule has 11 heavy (non-hydrogen) atoms. The van der Waals surface area contributed by atoms with Gasteiger partial charge in [0, 0.05) is 19.0 Å². The van der Waals surface area contributed by atoms with E-state index in [0.29, 0.717) is 13.0 Å². The van der Waals surface area contributed by atoms with Crippen molar-refractivity contribution in [2.75, 3.05) is 6.54 Å². The first-order chi connectivity index (χ1) is 5.18. The Kier molecular flexibility index (Phi) is 2.30. The molecule has 5 nitrogen and oxygen atoms in total. The van der Waals surface area contributed by atoms with Crippen molar-refractivity contribution >= 4 is 12.0 Å². The number of carboxylic acid groups (broad SMARTS) is 1. The number of carbonyl (C=O) groups excluding carboxylic acids is 1. The van der Waals surface area contributed by atoms with Gasteiger partial charge in [-0.3, -0.25) is 4.79 Å². The number of piperidine rings is 1. The fourth-order valence-corrected chi connectivity index (χ4v) is 1.08. The summed E-state index contributed by atoms with van der Waals surface area (Å²) in [6.45, 7) is 0.559. The Morgan fingerprint density at radius 3 is 3.00 bits per heavy atom. The SMILES string of the molecule is O=C(O)NC1CCNC(=O)C1. The summed E-state index contributed by atoms with van der Waals surface area (Å²) >= 11 is 0. The van der Waals surface area contributed by atoms with E-state index in [-0.39, 0.29) is 18.4 Å². The molecule has 1 rings (SSSR count). The van der Waals surface area contributed by atoms with Crippen LogP contribution < -0.4 is 10.6 Å². The van der Waals surface area contributed by atoms with Crippen molar-refractivity contribution in [3.8, 4) is 0 Å². The molecule has 1 heterocycles. The van der Waals surface area contributed by atoms with Gasteiger partial charge in [0.2, 0.25) is 5.91 Å². The minimum absolute atomic E-state index is 0.0880. The van der Waals surface area contributed by atoms with E-state index in [1.54, 1.807) is 0 Å². The monoisotopic (exact) mass is 158 g/mol. The molecule has 0 aromatic heterocycles. The largest absolute Gasteiger partial charge is 0.465 e. The first-order valence-electron chi connectivity index (χ1n) is 3.44. The first-order valence-corrected chi connectivity index (χ1v) is 3.44. The molecule has 1 atom stereocenters. The molecule has 1 aliphatic heterocycles. The summed E-state index contributed by atoms with van der Waals surface area (Å²) < 4.78 is 0. The van der Waals surface area contributed by atoms with Crippen LogP contribution in [0.1, 0.15) is 12.8 Å². The van der Waals surface area contributed by atoms with Gasteiger partial charge in [-0.1, -0.05) is 0 Å². The van der Waals surface area contributed by atoms with Crippen LogP contribution >= 0.6 is 0 Å². The van der Waals surface area contributed by atoms with Crippen LogP contribution in [-0.4, -0.2) is 29.7 Å². The quantitative estimate of drug-likeness (QED) is 0.483. The number of nitrogens with one attached hydrogen (secondary N) is 2. The van der Waals surface area contributed by atoms with Gasteiger partial charge in [-0.2, -0.15) is 0 Å². The maximum atomic E-state index is 10.7. The first kappa shape index (κ1) is 7.84. The van der Waals surface area contributed by atoms with Gasteiger partial charge in [0.25, 0.3) is 0 Å². The predicted molar refractivity (Wildman–Crippen MR) is 37.2 cm³/mol. The fourth-order valence-electron chi connectivity index (χ4n) is 1.08. The van der Waals surface area contributed by atoms with Crippen molar-refractivity contribution in [1.29, 1.82) is 0 Å². The third-order valence-corrected chi connectivity index (χ3v) is 1.57. The van der Waals surface area contributed by atoms with Crippen molar-refractivity contribution in [2.45, 2.75) is 18.9 Å². The number of hydrogen-bond acceptors (Lipinski definition) is 2. The van der Waals surface area contributed by atoms with Gasteiger partial charge >= 0.3 is 6.09 Å². The summed E-state index contributed by atoms with van der Waals surface area (Å²) in [5.41, 5.74) is 0. The summed E-state index contributed by atoms with van der Waals surface area (Å²) in [5.74, 6) is -0.0880. The Morgan fingerprint density at radius 1 is 1.73 bits per heavy atom. The van der Waals surface area contributed by atoms with Gasteiger partial charge in [-0.05, 0) is 6.42 Å². The molecule has 0 radical (unpaired) electrons. The topological polar surface area (TPSA) is 78.4 Å². The molecule has 0 aromatic rings. The Hall–Kier alpha value is -1.26. The highest BCUT2D eigenvalue weighted by Gasteiger charge is 2.19. The van der Waals surface area contributed by atoms with Crippen molar-refractivity contribution in [1.82, 2.24) is 10.6 Å². The van der Waals surface area contributed by atoms with Gasteiger partial charge < -0.3 is 15.7 Å². The molecule has 0 aliphatic carbocycles. The molecule has 0 saturated carbocycles. The molecule has 5 heteroatoms. The lowest BCUT2D eigenvalue weighted by atomic mass is 10.1. The van der Waals surface area contributed by atoms with Gasteiger partial charge in [0.05, 0.1) is 0 Å². The van der Waals surface area contributed by atoms with Gasteiger partial charge in [-0.25, -0.2) is 4.79 Å². The second kappa shape index (κ2) is 3.23. The maximum absolute atomic E-state index is 10.7. The van der Waals surface area contributed by atoms with Crippen molar-refractivity contribution in [3.05, 3.63) is 0 Å². The number of carbonyl (C=O) groups is 2. The Balaban J connectivity index is 2.34. The molecule has 1 saturated heterocycles. The average Bonchev–Trinajstić information content (AvgIpc) is 1.85. The van der Waals surface area contributed by atoms with E-state index in [2.05, 4.69) is 10.6 Å². The second-order valence-electron chi connectivity index (χ2n) is 2.49. The molecule has 3 N–H and O–H groups in total. The van der Waals surface area contributed by atoms with Crippen LogP contribution in [0.4, 0.5) is 4.79 Å². The maximum Gasteiger partial charge on any atom is 0.404 e. The highest BCUT2D eigenvalue weighted by molar-refractivity contribution is 5.78. The van der Waals surface area contributed by atoms with E-state index in [1.807, 2.05) is 0 Å². The summed E-state index contributed by atoms with van der Waals surface area (Å²) in [6, 6.07) is -0.207. The lowest BCUT2D eigenvalue weighted by Crippen LogP contribution is -2.44. The smallest absolute Gasteiger partial charge is 0.404 e. The summed E-state index contributed by atoms with van der Waals surface area (Å²) in [4.78, 5) is 20.8. The lowest BCUT2D eigenvalue weighted by Gasteiger charge is -2.21. The molecule has 0 spiro atoms.